The highest BCUT2D eigenvalue weighted by Gasteiger charge is 2.00. The van der Waals surface area contributed by atoms with Gasteiger partial charge in [-0.1, -0.05) is 23.8 Å². The van der Waals surface area contributed by atoms with Crippen LogP contribution in [0.15, 0.2) is 18.2 Å². The number of benzene rings is 1. The summed E-state index contributed by atoms with van der Waals surface area (Å²) in [5.41, 5.74) is 3.08. The molecule has 2 heteroatoms. The van der Waals surface area contributed by atoms with Crippen molar-refractivity contribution < 1.29 is 4.79 Å². The molecule has 1 nitrogen and oxygen atoms in total. The largest absolute Gasteiger partial charge is 0.298 e. The van der Waals surface area contributed by atoms with Crippen LogP contribution in [0.4, 0.5) is 0 Å². The Kier molecular flexibility index (Phi) is 3.97. The molecule has 0 atom stereocenters. The van der Waals surface area contributed by atoms with E-state index in [1.807, 2.05) is 19.1 Å². The van der Waals surface area contributed by atoms with Crippen molar-refractivity contribution in [2.45, 2.75) is 19.8 Å². The molecule has 13 heavy (non-hydrogen) atoms. The van der Waals surface area contributed by atoms with Crippen LogP contribution in [0.2, 0.25) is 0 Å². The van der Waals surface area contributed by atoms with Crippen LogP contribution < -0.4 is 0 Å². The number of rotatable bonds is 4. The van der Waals surface area contributed by atoms with Crippen molar-refractivity contribution in [3.05, 3.63) is 34.9 Å². The van der Waals surface area contributed by atoms with E-state index in [2.05, 4.69) is 6.07 Å². The van der Waals surface area contributed by atoms with Gasteiger partial charge in [0.05, 0.1) is 0 Å². The summed E-state index contributed by atoms with van der Waals surface area (Å²) in [6.45, 7) is 2.03. The van der Waals surface area contributed by atoms with Crippen molar-refractivity contribution in [2.24, 2.45) is 0 Å². The van der Waals surface area contributed by atoms with Gasteiger partial charge in [0.2, 0.25) is 0 Å². The highest BCUT2D eigenvalue weighted by Crippen LogP contribution is 2.12. The summed E-state index contributed by atoms with van der Waals surface area (Å²) in [5, 5.41) is 0. The Morgan fingerprint density at radius 3 is 2.85 bits per heavy atom. The molecule has 0 unspecified atom stereocenters. The first kappa shape index (κ1) is 10.3. The first-order valence-corrected chi connectivity index (χ1v) is 4.92. The van der Waals surface area contributed by atoms with Gasteiger partial charge in [-0.25, -0.2) is 0 Å². The second-order valence-corrected chi connectivity index (χ2v) is 3.49. The third-order valence-corrected chi connectivity index (χ3v) is 2.27. The molecule has 0 radical (unpaired) electrons. The highest BCUT2D eigenvalue weighted by molar-refractivity contribution is 6.17. The summed E-state index contributed by atoms with van der Waals surface area (Å²) in [6.07, 6.45) is 2.72. The minimum Gasteiger partial charge on any atom is -0.298 e. The van der Waals surface area contributed by atoms with Crippen LogP contribution in [0.1, 0.15) is 27.9 Å². The first-order valence-electron chi connectivity index (χ1n) is 4.38. The lowest BCUT2D eigenvalue weighted by molar-refractivity contribution is 0.112. The molecule has 1 rings (SSSR count). The molecule has 0 heterocycles. The fraction of sp³-hybridized carbons (Fsp3) is 0.364. The minimum absolute atomic E-state index is 0.645. The molecule has 1 aromatic carbocycles. The Balaban J connectivity index is 2.87. The fourth-order valence-corrected chi connectivity index (χ4v) is 1.46. The zero-order valence-corrected chi connectivity index (χ0v) is 8.47. The number of carbonyl (C=O) groups is 1. The molecule has 0 N–H and O–H groups in total. The van der Waals surface area contributed by atoms with Gasteiger partial charge in [-0.3, -0.25) is 4.79 Å². The van der Waals surface area contributed by atoms with E-state index in [-0.39, 0.29) is 0 Å². The molecule has 1 aromatic rings. The van der Waals surface area contributed by atoms with Gasteiger partial charge in [-0.15, -0.1) is 11.6 Å². The zero-order valence-electron chi connectivity index (χ0n) is 7.72. The van der Waals surface area contributed by atoms with E-state index >= 15 is 0 Å². The van der Waals surface area contributed by atoms with Crippen LogP contribution in [-0.2, 0) is 6.42 Å². The molecule has 70 valence electrons. The van der Waals surface area contributed by atoms with Gasteiger partial charge in [-0.2, -0.15) is 0 Å². The van der Waals surface area contributed by atoms with Crippen molar-refractivity contribution in [2.75, 3.05) is 5.88 Å². The topological polar surface area (TPSA) is 17.1 Å². The molecule has 0 aliphatic rings. The second-order valence-electron chi connectivity index (χ2n) is 3.11. The molecule has 0 aliphatic carbocycles. The lowest BCUT2D eigenvalue weighted by Gasteiger charge is -2.04. The minimum atomic E-state index is 0.645. The van der Waals surface area contributed by atoms with E-state index in [9.17, 15) is 4.79 Å². The van der Waals surface area contributed by atoms with Gasteiger partial charge in [0, 0.05) is 11.4 Å². The SMILES string of the molecule is Cc1ccc(C=O)c(CCCCl)c1. The van der Waals surface area contributed by atoms with Crippen molar-refractivity contribution in [3.63, 3.8) is 0 Å². The number of aryl methyl sites for hydroxylation is 2. The predicted molar refractivity (Wildman–Crippen MR) is 55.6 cm³/mol. The third kappa shape index (κ3) is 2.85. The Labute approximate surface area is 83.7 Å². The molecule has 0 saturated heterocycles. The van der Waals surface area contributed by atoms with Gasteiger partial charge in [0.1, 0.15) is 6.29 Å². The van der Waals surface area contributed by atoms with E-state index < -0.39 is 0 Å². The maximum Gasteiger partial charge on any atom is 0.150 e. The van der Waals surface area contributed by atoms with Gasteiger partial charge in [0.15, 0.2) is 0 Å². The Morgan fingerprint density at radius 2 is 2.23 bits per heavy atom. The number of aldehydes is 1. The van der Waals surface area contributed by atoms with E-state index in [0.29, 0.717) is 5.88 Å². The number of carbonyl (C=O) groups excluding carboxylic acids is 1. The normalized spacial score (nSPS) is 10.0. The van der Waals surface area contributed by atoms with Crippen LogP contribution in [0.3, 0.4) is 0 Å². The summed E-state index contributed by atoms with van der Waals surface area (Å²) < 4.78 is 0. The molecule has 0 amide bonds. The number of hydrogen-bond donors (Lipinski definition) is 0. The Hall–Kier alpha value is -0.820. The fourth-order valence-electron chi connectivity index (χ4n) is 1.32. The summed E-state index contributed by atoms with van der Waals surface area (Å²) in [6, 6.07) is 5.87. The summed E-state index contributed by atoms with van der Waals surface area (Å²) in [7, 11) is 0. The van der Waals surface area contributed by atoms with Gasteiger partial charge < -0.3 is 0 Å². The average molecular weight is 197 g/mol. The van der Waals surface area contributed by atoms with Crippen molar-refractivity contribution in [1.82, 2.24) is 0 Å². The zero-order chi connectivity index (χ0) is 9.68. The number of halogens is 1. The van der Waals surface area contributed by atoms with Gasteiger partial charge in [0.25, 0.3) is 0 Å². The van der Waals surface area contributed by atoms with Crippen molar-refractivity contribution in [1.29, 1.82) is 0 Å². The monoisotopic (exact) mass is 196 g/mol. The average Bonchev–Trinajstić information content (AvgIpc) is 2.15. The molecule has 0 fully saturated rings. The predicted octanol–water partition coefficient (Wildman–Crippen LogP) is 2.98. The first-order chi connectivity index (χ1) is 6.27. The van der Waals surface area contributed by atoms with Crippen molar-refractivity contribution >= 4 is 17.9 Å². The molecule has 0 aromatic heterocycles. The summed E-state index contributed by atoms with van der Waals surface area (Å²) in [5.74, 6) is 0.645. The molecule has 0 bridgehead atoms. The van der Waals surface area contributed by atoms with Crippen LogP contribution in [-0.4, -0.2) is 12.2 Å². The van der Waals surface area contributed by atoms with Crippen LogP contribution >= 0.6 is 11.6 Å². The van der Waals surface area contributed by atoms with E-state index in [1.54, 1.807) is 0 Å². The maximum atomic E-state index is 10.7. The molecular weight excluding hydrogens is 184 g/mol. The van der Waals surface area contributed by atoms with Crippen molar-refractivity contribution in [3.8, 4) is 0 Å². The molecule has 0 aliphatic heterocycles. The number of hydrogen-bond acceptors (Lipinski definition) is 1. The van der Waals surface area contributed by atoms with E-state index in [4.69, 9.17) is 11.6 Å². The smallest absolute Gasteiger partial charge is 0.150 e. The molecule has 0 spiro atoms. The number of alkyl halides is 1. The third-order valence-electron chi connectivity index (χ3n) is 2.01. The second kappa shape index (κ2) is 5.03. The van der Waals surface area contributed by atoms with E-state index in [1.165, 1.54) is 5.56 Å². The van der Waals surface area contributed by atoms with Gasteiger partial charge >= 0.3 is 0 Å². The van der Waals surface area contributed by atoms with Crippen LogP contribution in [0.25, 0.3) is 0 Å². The lowest BCUT2D eigenvalue weighted by Crippen LogP contribution is -1.94. The van der Waals surface area contributed by atoms with Crippen LogP contribution in [0, 0.1) is 6.92 Å². The van der Waals surface area contributed by atoms with E-state index in [0.717, 1.165) is 30.3 Å². The Bertz CT molecular complexity index is 294. The lowest BCUT2D eigenvalue weighted by atomic mass is 10.0. The van der Waals surface area contributed by atoms with Gasteiger partial charge in [-0.05, 0) is 25.3 Å². The molecule has 0 saturated carbocycles. The van der Waals surface area contributed by atoms with Crippen LogP contribution in [0.5, 0.6) is 0 Å². The maximum absolute atomic E-state index is 10.7. The summed E-state index contributed by atoms with van der Waals surface area (Å²) in [4.78, 5) is 10.7. The highest BCUT2D eigenvalue weighted by atomic mass is 35.5. The summed E-state index contributed by atoms with van der Waals surface area (Å²) >= 11 is 5.60. The quantitative estimate of drug-likeness (QED) is 0.535. The molecular formula is C11H13ClO. The Morgan fingerprint density at radius 1 is 1.46 bits per heavy atom. The standard InChI is InChI=1S/C11H13ClO/c1-9-4-5-11(8-13)10(7-9)3-2-6-12/h4-5,7-8H,2-3,6H2,1H3.